The Morgan fingerprint density at radius 2 is 1.67 bits per heavy atom. The molecule has 2 heterocycles. The Labute approximate surface area is 75.2 Å². The van der Waals surface area contributed by atoms with E-state index >= 15 is 0 Å². The Bertz CT molecular complexity index is 82.5. The molecule has 2 fully saturated rings. The lowest BCUT2D eigenvalue weighted by Gasteiger charge is -2.08. The summed E-state index contributed by atoms with van der Waals surface area (Å²) in [6.45, 7) is 5.11. The monoisotopic (exact) mass is 172 g/mol. The van der Waals surface area contributed by atoms with Gasteiger partial charge in [0.15, 0.2) is 0 Å². The maximum Gasteiger partial charge on any atom is 0.0547 e. The minimum Gasteiger partial charge on any atom is -0.381 e. The first-order valence-electron chi connectivity index (χ1n) is 5.09. The molecule has 2 nitrogen and oxygen atoms in total. The number of rotatable bonds is 0. The van der Waals surface area contributed by atoms with Gasteiger partial charge in [-0.15, -0.1) is 0 Å². The standard InChI is InChI=1S/2C5H10O/c1-5-3-2-4-6-5;1-2-4-6-5-3-1/h5H,2-4H2,1H3;1-5H2. The predicted octanol–water partition coefficient (Wildman–Crippen LogP) is 2.37. The Kier molecular flexibility index (Phi) is 5.37. The Morgan fingerprint density at radius 1 is 0.917 bits per heavy atom. The van der Waals surface area contributed by atoms with E-state index in [-0.39, 0.29) is 0 Å². The van der Waals surface area contributed by atoms with E-state index in [4.69, 9.17) is 9.47 Å². The van der Waals surface area contributed by atoms with Crippen LogP contribution in [-0.4, -0.2) is 25.9 Å². The molecule has 0 saturated carbocycles. The average Bonchev–Trinajstić information content (AvgIpc) is 2.60. The molecule has 2 saturated heterocycles. The minimum atomic E-state index is 0.546. The molecule has 0 aromatic rings. The van der Waals surface area contributed by atoms with Gasteiger partial charge in [-0.2, -0.15) is 0 Å². The molecule has 2 rings (SSSR count). The van der Waals surface area contributed by atoms with E-state index in [0.717, 1.165) is 19.8 Å². The summed E-state index contributed by atoms with van der Waals surface area (Å²) in [5, 5.41) is 0. The second kappa shape index (κ2) is 6.44. The molecule has 1 atom stereocenters. The van der Waals surface area contributed by atoms with E-state index in [1.807, 2.05) is 0 Å². The van der Waals surface area contributed by atoms with E-state index in [1.54, 1.807) is 0 Å². The first-order valence-corrected chi connectivity index (χ1v) is 5.09. The van der Waals surface area contributed by atoms with Gasteiger partial charge in [-0.25, -0.2) is 0 Å². The molecule has 2 aliphatic rings. The van der Waals surface area contributed by atoms with E-state index in [0.29, 0.717) is 6.10 Å². The van der Waals surface area contributed by atoms with Crippen molar-refractivity contribution in [3.05, 3.63) is 0 Å². The third-order valence-electron chi connectivity index (χ3n) is 2.23. The summed E-state index contributed by atoms with van der Waals surface area (Å²) in [6.07, 6.45) is 7.01. The first kappa shape index (κ1) is 10.0. The summed E-state index contributed by atoms with van der Waals surface area (Å²) in [4.78, 5) is 0. The highest BCUT2D eigenvalue weighted by Crippen LogP contribution is 2.09. The molecule has 0 N–H and O–H groups in total. The molecule has 0 aromatic carbocycles. The molecule has 0 spiro atoms. The van der Waals surface area contributed by atoms with Gasteiger partial charge in [0.1, 0.15) is 0 Å². The third-order valence-corrected chi connectivity index (χ3v) is 2.23. The van der Waals surface area contributed by atoms with Crippen molar-refractivity contribution in [2.75, 3.05) is 19.8 Å². The van der Waals surface area contributed by atoms with Crippen LogP contribution >= 0.6 is 0 Å². The molecule has 0 radical (unpaired) electrons. The second-order valence-corrected chi connectivity index (χ2v) is 3.50. The smallest absolute Gasteiger partial charge is 0.0547 e. The van der Waals surface area contributed by atoms with Crippen LogP contribution in [-0.2, 0) is 9.47 Å². The van der Waals surface area contributed by atoms with Crippen molar-refractivity contribution in [1.29, 1.82) is 0 Å². The fraction of sp³-hybridized carbons (Fsp3) is 1.00. The molecular formula is C10H20O2. The summed E-state index contributed by atoms with van der Waals surface area (Å²) in [5.74, 6) is 0. The normalized spacial score (nSPS) is 29.2. The maximum absolute atomic E-state index is 5.15. The lowest BCUT2D eigenvalue weighted by molar-refractivity contribution is 0.0968. The van der Waals surface area contributed by atoms with Crippen LogP contribution in [0.2, 0.25) is 0 Å². The van der Waals surface area contributed by atoms with Crippen LogP contribution in [0.4, 0.5) is 0 Å². The molecule has 0 bridgehead atoms. The molecule has 0 aliphatic carbocycles. The molecule has 0 aromatic heterocycles. The highest BCUT2D eigenvalue weighted by atomic mass is 16.5. The molecule has 0 amide bonds. The topological polar surface area (TPSA) is 18.5 Å². The second-order valence-electron chi connectivity index (χ2n) is 3.50. The van der Waals surface area contributed by atoms with Crippen LogP contribution in [0.25, 0.3) is 0 Å². The Morgan fingerprint density at radius 3 is 1.83 bits per heavy atom. The number of hydrogen-bond acceptors (Lipinski definition) is 2. The first-order chi connectivity index (χ1) is 5.89. The largest absolute Gasteiger partial charge is 0.381 e. The van der Waals surface area contributed by atoms with Gasteiger partial charge in [0, 0.05) is 19.8 Å². The summed E-state index contributed by atoms with van der Waals surface area (Å²) in [6, 6.07) is 0. The lowest BCUT2D eigenvalue weighted by Crippen LogP contribution is -2.03. The van der Waals surface area contributed by atoms with Gasteiger partial charge in [0.2, 0.25) is 0 Å². The summed E-state index contributed by atoms with van der Waals surface area (Å²) in [7, 11) is 0. The third kappa shape index (κ3) is 4.73. The van der Waals surface area contributed by atoms with E-state index in [1.165, 1.54) is 32.1 Å². The van der Waals surface area contributed by atoms with Crippen molar-refractivity contribution in [2.45, 2.75) is 45.1 Å². The maximum atomic E-state index is 5.15. The van der Waals surface area contributed by atoms with Crippen LogP contribution in [0, 0.1) is 0 Å². The SMILES string of the molecule is C1CCOCC1.CC1CCCO1. The Balaban J connectivity index is 0.000000120. The van der Waals surface area contributed by atoms with E-state index in [9.17, 15) is 0 Å². The molecular weight excluding hydrogens is 152 g/mol. The van der Waals surface area contributed by atoms with Crippen LogP contribution in [0.5, 0.6) is 0 Å². The number of ether oxygens (including phenoxy) is 2. The van der Waals surface area contributed by atoms with Crippen LogP contribution in [0.3, 0.4) is 0 Å². The van der Waals surface area contributed by atoms with Crippen molar-refractivity contribution in [3.8, 4) is 0 Å². The van der Waals surface area contributed by atoms with E-state index in [2.05, 4.69) is 6.92 Å². The van der Waals surface area contributed by atoms with Crippen molar-refractivity contribution in [2.24, 2.45) is 0 Å². The number of hydrogen-bond donors (Lipinski definition) is 0. The van der Waals surface area contributed by atoms with Gasteiger partial charge >= 0.3 is 0 Å². The molecule has 72 valence electrons. The minimum absolute atomic E-state index is 0.546. The molecule has 2 heteroatoms. The zero-order chi connectivity index (χ0) is 8.65. The van der Waals surface area contributed by atoms with E-state index < -0.39 is 0 Å². The fourth-order valence-electron chi connectivity index (χ4n) is 1.43. The van der Waals surface area contributed by atoms with Gasteiger partial charge in [-0.05, 0) is 39.0 Å². The van der Waals surface area contributed by atoms with Crippen LogP contribution in [0.15, 0.2) is 0 Å². The quantitative estimate of drug-likeness (QED) is 0.558. The van der Waals surface area contributed by atoms with Gasteiger partial charge in [0.25, 0.3) is 0 Å². The lowest BCUT2D eigenvalue weighted by atomic mass is 10.2. The van der Waals surface area contributed by atoms with Gasteiger partial charge < -0.3 is 9.47 Å². The van der Waals surface area contributed by atoms with Gasteiger partial charge in [0.05, 0.1) is 6.10 Å². The highest BCUT2D eigenvalue weighted by molar-refractivity contribution is 4.56. The molecule has 12 heavy (non-hydrogen) atoms. The molecule has 2 aliphatic heterocycles. The fourth-order valence-corrected chi connectivity index (χ4v) is 1.43. The summed E-state index contributed by atoms with van der Waals surface area (Å²) < 4.78 is 10.2. The summed E-state index contributed by atoms with van der Waals surface area (Å²) in [5.41, 5.74) is 0. The predicted molar refractivity (Wildman–Crippen MR) is 49.3 cm³/mol. The summed E-state index contributed by atoms with van der Waals surface area (Å²) >= 11 is 0. The zero-order valence-corrected chi connectivity index (χ0v) is 8.05. The van der Waals surface area contributed by atoms with Crippen molar-refractivity contribution in [1.82, 2.24) is 0 Å². The van der Waals surface area contributed by atoms with Crippen molar-refractivity contribution < 1.29 is 9.47 Å². The van der Waals surface area contributed by atoms with Crippen molar-refractivity contribution >= 4 is 0 Å². The van der Waals surface area contributed by atoms with Crippen LogP contribution < -0.4 is 0 Å². The molecule has 1 unspecified atom stereocenters. The van der Waals surface area contributed by atoms with Gasteiger partial charge in [-0.3, -0.25) is 0 Å². The average molecular weight is 172 g/mol. The van der Waals surface area contributed by atoms with Crippen molar-refractivity contribution in [3.63, 3.8) is 0 Å². The van der Waals surface area contributed by atoms with Gasteiger partial charge in [-0.1, -0.05) is 0 Å². The Hall–Kier alpha value is -0.0800. The zero-order valence-electron chi connectivity index (χ0n) is 8.05. The van der Waals surface area contributed by atoms with Crippen LogP contribution in [0.1, 0.15) is 39.0 Å². The highest BCUT2D eigenvalue weighted by Gasteiger charge is 2.07.